The fourth-order valence-corrected chi connectivity index (χ4v) is 7.55. The molecule has 0 aromatic carbocycles. The van der Waals surface area contributed by atoms with Crippen LogP contribution in [0.2, 0.25) is 0 Å². The quantitative estimate of drug-likeness (QED) is 0.128. The highest BCUT2D eigenvalue weighted by atomic mass is 15.3. The first-order valence-corrected chi connectivity index (χ1v) is 30.1. The molecule has 89 heavy (non-hydrogen) atoms. The second kappa shape index (κ2) is 35.1. The van der Waals surface area contributed by atoms with Crippen LogP contribution in [0.1, 0.15) is 201 Å². The Hall–Kier alpha value is -8.20. The van der Waals surface area contributed by atoms with Gasteiger partial charge in [-0.15, -0.1) is 31.9 Å². The molecule has 0 aliphatic carbocycles. The molecule has 8 aromatic heterocycles. The van der Waals surface area contributed by atoms with Crippen LogP contribution in [0.3, 0.4) is 0 Å². The number of nitriles is 2. The molecule has 0 bridgehead atoms. The molecule has 0 saturated carbocycles. The van der Waals surface area contributed by atoms with Crippen molar-refractivity contribution < 1.29 is 0 Å². The van der Waals surface area contributed by atoms with Crippen molar-refractivity contribution in [2.45, 2.75) is 239 Å². The lowest BCUT2D eigenvalue weighted by molar-refractivity contribution is 0.321. The largest absolute Gasteiger partial charge is 0.337 e. The van der Waals surface area contributed by atoms with E-state index in [0.29, 0.717) is 28.3 Å². The molecule has 0 spiro atoms. The molecule has 0 atom stereocenters. The molecule has 0 aliphatic rings. The van der Waals surface area contributed by atoms with Crippen molar-refractivity contribution in [1.29, 1.82) is 10.5 Å². The smallest absolute Gasteiger partial charge is 0.234 e. The molecule has 24 heteroatoms. The van der Waals surface area contributed by atoms with Crippen LogP contribution in [0.15, 0.2) is 75.4 Å². The van der Waals surface area contributed by atoms with Crippen molar-refractivity contribution in [3.8, 4) is 24.5 Å². The highest BCUT2D eigenvalue weighted by Gasteiger charge is 2.18. The summed E-state index contributed by atoms with van der Waals surface area (Å²) in [5.74, 6) is 6.53. The van der Waals surface area contributed by atoms with Gasteiger partial charge in [0.2, 0.25) is 17.5 Å². The minimum Gasteiger partial charge on any atom is -0.337 e. The number of nitrogens with zero attached hydrogens (tertiary/aromatic N) is 24. The summed E-state index contributed by atoms with van der Waals surface area (Å²) in [4.78, 5) is 24.0. The maximum absolute atomic E-state index is 8.63. The normalized spacial score (nSPS) is 11.6. The number of terminal acetylenes is 1. The topological polar surface area (TPSA) is 267 Å². The summed E-state index contributed by atoms with van der Waals surface area (Å²) in [5.41, 5.74) is 2.03. The predicted octanol–water partition coefficient (Wildman–Crippen LogP) is 12.5. The number of imidazole rings is 2. The van der Waals surface area contributed by atoms with Crippen LogP contribution >= 0.6 is 0 Å². The third kappa shape index (κ3) is 40.1. The van der Waals surface area contributed by atoms with Gasteiger partial charge < -0.3 is 18.3 Å². The zero-order chi connectivity index (χ0) is 68.2. The lowest BCUT2D eigenvalue weighted by Crippen LogP contribution is -2.17. The Balaban J connectivity index is 0.000000509. The number of hydrogen-bond donors (Lipinski definition) is 0. The second-order valence-corrected chi connectivity index (χ2v) is 31.6. The van der Waals surface area contributed by atoms with Gasteiger partial charge in [0.15, 0.2) is 0 Å². The first-order valence-electron chi connectivity index (χ1n) is 30.1. The van der Waals surface area contributed by atoms with E-state index in [1.165, 1.54) is 0 Å². The van der Waals surface area contributed by atoms with Gasteiger partial charge in [-0.25, -0.2) is 34.6 Å². The number of aromatic nitrogens is 22. The molecule has 8 heterocycles. The molecule has 0 amide bonds. The van der Waals surface area contributed by atoms with Crippen molar-refractivity contribution in [2.24, 2.45) is 43.3 Å². The van der Waals surface area contributed by atoms with Crippen LogP contribution in [0.5, 0.6) is 0 Å². The van der Waals surface area contributed by atoms with Crippen LogP contribution in [-0.4, -0.2) is 108 Å². The molecule has 0 radical (unpaired) electrons. The van der Waals surface area contributed by atoms with Crippen LogP contribution in [0.25, 0.3) is 0 Å². The molecule has 0 fully saturated rings. The lowest BCUT2D eigenvalue weighted by atomic mass is 9.97. The maximum atomic E-state index is 8.63. The SMILES string of the molecule is C#Cc1ncn(CC(C)(C)C)n1.CC(C)(C)Cn1ccnc1.CC(C)(C)Cn1cncn1.CC(C)(C)Cn1cnnc1C#N.CC(C)(C)Cn1cnnc1C#N.Cc1nccn1CC(C)(C)C.Cc1ncn(CC(C)(C)C)n1.Cc1ncnn1CC(C)(C)C. The molecule has 0 unspecified atom stereocenters. The molecular weight excluding hydrogens is 1120 g/mol. The third-order valence-electron chi connectivity index (χ3n) is 10.6. The lowest BCUT2D eigenvalue weighted by Gasteiger charge is -2.19. The molecule has 490 valence electrons. The van der Waals surface area contributed by atoms with Crippen molar-refractivity contribution >= 4 is 0 Å². The molecule has 0 N–H and O–H groups in total. The summed E-state index contributed by atoms with van der Waals surface area (Å²) >= 11 is 0. The molecule has 8 rings (SSSR count). The average Bonchev–Trinajstić information content (AvgIpc) is 4.17. The van der Waals surface area contributed by atoms with Crippen molar-refractivity contribution in [2.75, 3.05) is 0 Å². The minimum atomic E-state index is 0.147. The van der Waals surface area contributed by atoms with Crippen LogP contribution in [0.4, 0.5) is 0 Å². The summed E-state index contributed by atoms with van der Waals surface area (Å²) in [6.45, 7) is 65.2. The van der Waals surface area contributed by atoms with E-state index in [4.69, 9.17) is 16.9 Å². The van der Waals surface area contributed by atoms with Crippen LogP contribution in [-0.2, 0) is 52.4 Å². The zero-order valence-corrected chi connectivity index (χ0v) is 59.4. The first kappa shape index (κ1) is 78.8. The van der Waals surface area contributed by atoms with Crippen molar-refractivity contribution in [1.82, 2.24) is 108 Å². The summed E-state index contributed by atoms with van der Waals surface area (Å²) in [7, 11) is 0. The first-order chi connectivity index (χ1) is 40.7. The van der Waals surface area contributed by atoms with Crippen molar-refractivity contribution in [3.05, 3.63) is 110 Å². The Morgan fingerprint density at radius 2 is 0.854 bits per heavy atom. The third-order valence-corrected chi connectivity index (χ3v) is 10.6. The Labute approximate surface area is 533 Å². The van der Waals surface area contributed by atoms with Gasteiger partial charge in [0.25, 0.3) is 0 Å². The highest BCUT2D eigenvalue weighted by molar-refractivity contribution is 5.12. The summed E-state index contributed by atoms with van der Waals surface area (Å²) in [6, 6.07) is 3.98. The summed E-state index contributed by atoms with van der Waals surface area (Å²) in [5, 5.41) is 48.3. The van der Waals surface area contributed by atoms with Gasteiger partial charge >= 0.3 is 0 Å². The van der Waals surface area contributed by atoms with Gasteiger partial charge in [0.1, 0.15) is 73.9 Å². The minimum absolute atomic E-state index is 0.147. The number of hydrogen-bond acceptors (Lipinski definition) is 16. The predicted molar refractivity (Wildman–Crippen MR) is 352 cm³/mol. The maximum Gasteiger partial charge on any atom is 0.234 e. The van der Waals surface area contributed by atoms with E-state index in [1.807, 2.05) is 78.1 Å². The Morgan fingerprint density at radius 1 is 0.404 bits per heavy atom. The van der Waals surface area contributed by atoms with E-state index in [-0.39, 0.29) is 32.5 Å². The van der Waals surface area contributed by atoms with Gasteiger partial charge in [-0.05, 0) is 70.0 Å². The number of rotatable bonds is 8. The van der Waals surface area contributed by atoms with Gasteiger partial charge in [-0.1, -0.05) is 166 Å². The van der Waals surface area contributed by atoms with E-state index in [0.717, 1.165) is 69.8 Å². The molecule has 24 nitrogen and oxygen atoms in total. The van der Waals surface area contributed by atoms with E-state index < -0.39 is 0 Å². The summed E-state index contributed by atoms with van der Waals surface area (Å²) < 4.78 is 15.2. The Kier molecular flexibility index (Phi) is 31.1. The van der Waals surface area contributed by atoms with Crippen LogP contribution < -0.4 is 0 Å². The van der Waals surface area contributed by atoms with E-state index in [2.05, 4.69) is 252 Å². The van der Waals surface area contributed by atoms with E-state index >= 15 is 0 Å². The molecule has 0 saturated heterocycles. The fourth-order valence-electron chi connectivity index (χ4n) is 7.55. The molecule has 8 aromatic rings. The molecule has 0 aliphatic heterocycles. The van der Waals surface area contributed by atoms with Gasteiger partial charge in [-0.3, -0.25) is 14.0 Å². The fraction of sp³-hybridized carbons (Fsp3) is 0.662. The Morgan fingerprint density at radius 3 is 1.19 bits per heavy atom. The Bertz CT molecular complexity index is 3110. The van der Waals surface area contributed by atoms with Gasteiger partial charge in [0, 0.05) is 77.1 Å². The van der Waals surface area contributed by atoms with E-state index in [1.54, 1.807) is 58.1 Å². The highest BCUT2D eigenvalue weighted by Crippen LogP contribution is 2.21. The number of aryl methyl sites for hydroxylation is 3. The molecular formula is C65H110N24. The monoisotopic (exact) mass is 1230 g/mol. The van der Waals surface area contributed by atoms with E-state index in [9.17, 15) is 0 Å². The zero-order valence-electron chi connectivity index (χ0n) is 59.4. The second-order valence-electron chi connectivity index (χ2n) is 31.6. The van der Waals surface area contributed by atoms with Crippen molar-refractivity contribution in [3.63, 3.8) is 0 Å². The van der Waals surface area contributed by atoms with Gasteiger partial charge in [-0.2, -0.15) is 25.8 Å². The average molecular weight is 1230 g/mol. The van der Waals surface area contributed by atoms with Gasteiger partial charge in [0.05, 0.1) is 6.33 Å². The summed E-state index contributed by atoms with van der Waals surface area (Å²) in [6.07, 6.45) is 26.2. The standard InChI is InChI=1S/C9H13N3.C9H16N2.2C8H12N4.2C8H15N3.C8H14N2.C7H13N3/c1-5-8-10-7-12(11-8)6-9(2,3)4;1-8-10-5-6-11(8)7-9(2,3)4;2*1-8(2,3)5-12-6-10-11-7(12)4-9;1-7-9-6-11(10-7)5-8(2,3)4;1-7-9-6-10-11(7)5-8(2,3)4;1-8(2,3)6-10-5-4-9-7-10;1-7(2,3)4-10-6-8-5-9-10/h1,7H,6H2,2-4H3;5-6H,7H2,1-4H3;2*6H,5H2,1-3H3;2*6H,5H2,1-4H3;4-5,7H,6H2,1-3H3;5-6H,4H2,1-3H3. The van der Waals surface area contributed by atoms with Crippen LogP contribution in [0, 0.1) is 99.1 Å².